The lowest BCUT2D eigenvalue weighted by Gasteiger charge is -2.23. The number of halogens is 1. The Hall–Kier alpha value is -3.09. The number of para-hydroxylation sites is 1. The van der Waals surface area contributed by atoms with Gasteiger partial charge in [0, 0.05) is 0 Å². The molecule has 0 bridgehead atoms. The fourth-order valence-corrected chi connectivity index (χ4v) is 2.68. The van der Waals surface area contributed by atoms with Crippen LogP contribution in [0, 0.1) is 11.7 Å². The van der Waals surface area contributed by atoms with E-state index in [-0.39, 0.29) is 41.6 Å². The molecule has 0 heterocycles. The third kappa shape index (κ3) is 5.20. The van der Waals surface area contributed by atoms with E-state index in [9.17, 15) is 14.0 Å². The van der Waals surface area contributed by atoms with Crippen LogP contribution in [0.2, 0.25) is 0 Å². The van der Waals surface area contributed by atoms with Gasteiger partial charge < -0.3 is 20.5 Å². The highest BCUT2D eigenvalue weighted by Crippen LogP contribution is 2.31. The molecule has 0 fully saturated rings. The topological polar surface area (TPSA) is 90.7 Å². The van der Waals surface area contributed by atoms with Gasteiger partial charge in [-0.3, -0.25) is 9.59 Å². The summed E-state index contributed by atoms with van der Waals surface area (Å²) in [6.45, 7) is 3.56. The van der Waals surface area contributed by atoms with Gasteiger partial charge in [-0.05, 0) is 35.7 Å². The summed E-state index contributed by atoms with van der Waals surface area (Å²) in [5, 5.41) is 2.87. The fraction of sp³-hybridized carbons (Fsp3) is 0.300. The first kappa shape index (κ1) is 20.2. The van der Waals surface area contributed by atoms with Crippen molar-refractivity contribution in [1.82, 2.24) is 5.32 Å². The molecule has 1 atom stereocenters. The second-order valence-electron chi connectivity index (χ2n) is 6.33. The van der Waals surface area contributed by atoms with Gasteiger partial charge in [0.25, 0.3) is 11.8 Å². The number of rotatable bonds is 8. The van der Waals surface area contributed by atoms with E-state index in [0.29, 0.717) is 5.75 Å². The zero-order chi connectivity index (χ0) is 20.0. The van der Waals surface area contributed by atoms with Gasteiger partial charge >= 0.3 is 0 Å². The molecular formula is C20H23FN2O4. The Morgan fingerprint density at radius 1 is 1.15 bits per heavy atom. The second kappa shape index (κ2) is 9.02. The molecule has 0 aliphatic heterocycles. The zero-order valence-corrected chi connectivity index (χ0v) is 15.5. The number of methoxy groups -OCH3 is 1. The average molecular weight is 374 g/mol. The molecule has 2 aromatic rings. The first-order chi connectivity index (χ1) is 12.8. The first-order valence-electron chi connectivity index (χ1n) is 8.48. The molecule has 3 N–H and O–H groups in total. The monoisotopic (exact) mass is 374 g/mol. The van der Waals surface area contributed by atoms with E-state index in [2.05, 4.69) is 5.32 Å². The normalized spacial score (nSPS) is 11.7. The minimum Gasteiger partial charge on any atom is -0.493 e. The highest BCUT2D eigenvalue weighted by atomic mass is 19.1. The molecule has 0 aliphatic rings. The number of nitrogens with two attached hydrogens (primary N) is 1. The van der Waals surface area contributed by atoms with Crippen molar-refractivity contribution in [2.45, 2.75) is 19.9 Å². The molecule has 0 aliphatic carbocycles. The average Bonchev–Trinajstić information content (AvgIpc) is 2.64. The number of nitrogens with one attached hydrogen (secondary N) is 1. The molecule has 2 rings (SSSR count). The van der Waals surface area contributed by atoms with E-state index in [0.717, 1.165) is 5.56 Å². The molecule has 144 valence electrons. The highest BCUT2D eigenvalue weighted by Gasteiger charge is 2.20. The van der Waals surface area contributed by atoms with Crippen LogP contribution in [-0.2, 0) is 4.79 Å². The lowest BCUT2D eigenvalue weighted by molar-refractivity contribution is -0.124. The molecule has 27 heavy (non-hydrogen) atoms. The molecule has 0 saturated carbocycles. The van der Waals surface area contributed by atoms with Crippen molar-refractivity contribution in [3.8, 4) is 11.5 Å². The number of amides is 2. The first-order valence-corrected chi connectivity index (χ1v) is 8.48. The molecule has 2 aromatic carbocycles. The lowest BCUT2D eigenvalue weighted by atomic mass is 9.96. The number of benzene rings is 2. The van der Waals surface area contributed by atoms with Gasteiger partial charge in [0.15, 0.2) is 18.1 Å². The van der Waals surface area contributed by atoms with E-state index in [1.54, 1.807) is 24.3 Å². The molecular weight excluding hydrogens is 351 g/mol. The van der Waals surface area contributed by atoms with Crippen LogP contribution in [-0.4, -0.2) is 25.5 Å². The zero-order valence-electron chi connectivity index (χ0n) is 15.5. The van der Waals surface area contributed by atoms with Gasteiger partial charge in [0.1, 0.15) is 5.82 Å². The highest BCUT2D eigenvalue weighted by molar-refractivity contribution is 5.96. The van der Waals surface area contributed by atoms with Crippen LogP contribution in [0.15, 0.2) is 42.5 Å². The van der Waals surface area contributed by atoms with E-state index in [1.807, 2.05) is 13.8 Å². The van der Waals surface area contributed by atoms with E-state index < -0.39 is 5.91 Å². The largest absolute Gasteiger partial charge is 0.493 e. The Bertz CT molecular complexity index is 806. The maximum atomic E-state index is 13.1. The predicted octanol–water partition coefficient (Wildman–Crippen LogP) is 2.83. The lowest BCUT2D eigenvalue weighted by Crippen LogP contribution is -2.35. The minimum absolute atomic E-state index is 0.0758. The third-order valence-electron chi connectivity index (χ3n) is 4.02. The SMILES string of the molecule is COc1cccc(C(N)=O)c1OCC(=O)NC(c1ccc(F)cc1)C(C)C. The van der Waals surface area contributed by atoms with Crippen LogP contribution in [0.1, 0.15) is 35.8 Å². The Morgan fingerprint density at radius 3 is 2.37 bits per heavy atom. The van der Waals surface area contributed by atoms with Gasteiger partial charge in [0.2, 0.25) is 0 Å². The predicted molar refractivity (Wildman–Crippen MR) is 99.1 cm³/mol. The summed E-state index contributed by atoms with van der Waals surface area (Å²) >= 11 is 0. The number of carbonyl (C=O) groups is 2. The summed E-state index contributed by atoms with van der Waals surface area (Å²) in [4.78, 5) is 24.0. The van der Waals surface area contributed by atoms with Crippen LogP contribution in [0.25, 0.3) is 0 Å². The van der Waals surface area contributed by atoms with Crippen molar-refractivity contribution < 1.29 is 23.5 Å². The smallest absolute Gasteiger partial charge is 0.258 e. The Kier molecular flexibility index (Phi) is 6.76. The minimum atomic E-state index is -0.685. The fourth-order valence-electron chi connectivity index (χ4n) is 2.68. The quantitative estimate of drug-likeness (QED) is 0.743. The second-order valence-corrected chi connectivity index (χ2v) is 6.33. The summed E-state index contributed by atoms with van der Waals surface area (Å²) in [7, 11) is 1.43. The number of primary amides is 1. The van der Waals surface area contributed by atoms with Crippen molar-refractivity contribution in [1.29, 1.82) is 0 Å². The van der Waals surface area contributed by atoms with Crippen molar-refractivity contribution in [3.05, 3.63) is 59.4 Å². The number of carbonyl (C=O) groups excluding carboxylic acids is 2. The van der Waals surface area contributed by atoms with Crippen LogP contribution < -0.4 is 20.5 Å². The summed E-state index contributed by atoms with van der Waals surface area (Å²) in [5.41, 5.74) is 6.26. The Balaban J connectivity index is 2.11. The number of hydrogen-bond donors (Lipinski definition) is 2. The van der Waals surface area contributed by atoms with Gasteiger partial charge in [-0.2, -0.15) is 0 Å². The van der Waals surface area contributed by atoms with Crippen LogP contribution >= 0.6 is 0 Å². The standard InChI is InChI=1S/C20H23FN2O4/c1-12(2)18(13-7-9-14(21)10-8-13)23-17(24)11-27-19-15(20(22)25)5-4-6-16(19)26-3/h4-10,12,18H,11H2,1-3H3,(H2,22,25)(H,23,24). The Labute approximate surface area is 157 Å². The van der Waals surface area contributed by atoms with Crippen molar-refractivity contribution >= 4 is 11.8 Å². The summed E-state index contributed by atoms with van der Waals surface area (Å²) in [5.74, 6) is -0.920. The van der Waals surface area contributed by atoms with Gasteiger partial charge in [-0.25, -0.2) is 4.39 Å². The maximum absolute atomic E-state index is 13.1. The molecule has 0 saturated heterocycles. The van der Waals surface area contributed by atoms with Crippen molar-refractivity contribution in [2.75, 3.05) is 13.7 Å². The third-order valence-corrected chi connectivity index (χ3v) is 4.02. The summed E-state index contributed by atoms with van der Waals surface area (Å²) in [6, 6.07) is 10.4. The summed E-state index contributed by atoms with van der Waals surface area (Å²) < 4.78 is 23.8. The van der Waals surface area contributed by atoms with Gasteiger partial charge in [-0.1, -0.05) is 32.0 Å². The van der Waals surface area contributed by atoms with Crippen LogP contribution in [0.5, 0.6) is 11.5 Å². The molecule has 7 heteroatoms. The van der Waals surface area contributed by atoms with Crippen LogP contribution in [0.3, 0.4) is 0 Å². The van der Waals surface area contributed by atoms with Crippen molar-refractivity contribution in [3.63, 3.8) is 0 Å². The molecule has 0 aromatic heterocycles. The molecule has 0 spiro atoms. The molecule has 0 radical (unpaired) electrons. The summed E-state index contributed by atoms with van der Waals surface area (Å²) in [6.07, 6.45) is 0. The van der Waals surface area contributed by atoms with Crippen molar-refractivity contribution in [2.24, 2.45) is 11.7 Å². The number of hydrogen-bond acceptors (Lipinski definition) is 4. The Morgan fingerprint density at radius 2 is 1.81 bits per heavy atom. The van der Waals surface area contributed by atoms with E-state index >= 15 is 0 Å². The maximum Gasteiger partial charge on any atom is 0.258 e. The molecule has 6 nitrogen and oxygen atoms in total. The van der Waals surface area contributed by atoms with Gasteiger partial charge in [0.05, 0.1) is 18.7 Å². The van der Waals surface area contributed by atoms with E-state index in [1.165, 1.54) is 25.3 Å². The van der Waals surface area contributed by atoms with Gasteiger partial charge in [-0.15, -0.1) is 0 Å². The number of ether oxygens (including phenoxy) is 2. The molecule has 1 unspecified atom stereocenters. The van der Waals surface area contributed by atoms with E-state index in [4.69, 9.17) is 15.2 Å². The van der Waals surface area contributed by atoms with Crippen LogP contribution in [0.4, 0.5) is 4.39 Å². The molecule has 2 amide bonds.